The molecule has 230 valence electrons. The topological polar surface area (TPSA) is 81.2 Å². The summed E-state index contributed by atoms with van der Waals surface area (Å²) in [5, 5.41) is 35.1. The van der Waals surface area contributed by atoms with Crippen LogP contribution in [0.4, 0.5) is 0 Å². The van der Waals surface area contributed by atoms with Gasteiger partial charge in [0.05, 0.1) is 56.2 Å². The number of nitriles is 3. The number of para-hydroxylation sites is 4. The lowest BCUT2D eigenvalue weighted by molar-refractivity contribution is 1.17. The highest BCUT2D eigenvalue weighted by Crippen LogP contribution is 2.40. The van der Waals surface area contributed by atoms with Gasteiger partial charge >= 0.3 is 0 Å². The van der Waals surface area contributed by atoms with Gasteiger partial charge in [-0.15, -0.1) is 0 Å². The van der Waals surface area contributed by atoms with Crippen molar-refractivity contribution >= 4 is 43.6 Å². The number of benzene rings is 7. The fraction of sp³-hybridized carbons (Fsp3) is 0. The Labute approximate surface area is 287 Å². The Morgan fingerprint density at radius 3 is 1.60 bits per heavy atom. The van der Waals surface area contributed by atoms with E-state index in [1.807, 2.05) is 103 Å². The first-order valence-electron chi connectivity index (χ1n) is 16.3. The van der Waals surface area contributed by atoms with Crippen LogP contribution in [0.2, 0.25) is 0 Å². The third kappa shape index (κ3) is 4.24. The van der Waals surface area contributed by atoms with Gasteiger partial charge in [0, 0.05) is 38.2 Å². The second kappa shape index (κ2) is 11.4. The summed E-state index contributed by atoms with van der Waals surface area (Å²) in [6.45, 7) is 0. The van der Waals surface area contributed by atoms with Crippen LogP contribution < -0.4 is 0 Å². The van der Waals surface area contributed by atoms with Crippen LogP contribution in [0.1, 0.15) is 16.7 Å². The maximum atomic E-state index is 10.8. The first kappa shape index (κ1) is 28.8. The minimum atomic E-state index is 0.547. The van der Waals surface area contributed by atoms with Crippen molar-refractivity contribution in [1.82, 2.24) is 9.13 Å². The van der Waals surface area contributed by atoms with Gasteiger partial charge in [0.2, 0.25) is 0 Å². The zero-order valence-electron chi connectivity index (χ0n) is 26.7. The lowest BCUT2D eigenvalue weighted by Crippen LogP contribution is -2.00. The van der Waals surface area contributed by atoms with Crippen molar-refractivity contribution in [3.05, 3.63) is 168 Å². The van der Waals surface area contributed by atoms with Gasteiger partial charge in [-0.3, -0.25) is 0 Å². The molecule has 0 aliphatic rings. The summed E-state index contributed by atoms with van der Waals surface area (Å²) in [4.78, 5) is 0. The van der Waals surface area contributed by atoms with E-state index in [0.29, 0.717) is 16.7 Å². The standard InChI is InChI=1S/C45H25N5/c46-26-29-20-23-44-38(24-29)37-13-4-8-19-43(37)49(44)40-16-5-1-10-34(40)33-15-9-14-32(39(33)28-48)30-21-22-31(27-47)45(25-30)50-41-17-6-2-11-35(41)36-12-3-7-18-42(36)50/h1-25H. The van der Waals surface area contributed by atoms with Gasteiger partial charge in [-0.05, 0) is 60.2 Å². The van der Waals surface area contributed by atoms with Crippen LogP contribution in [0.15, 0.2) is 152 Å². The molecule has 0 unspecified atom stereocenters. The molecule has 0 amide bonds. The molecule has 0 aliphatic carbocycles. The molecule has 0 N–H and O–H groups in total. The molecule has 0 spiro atoms. The van der Waals surface area contributed by atoms with Crippen LogP contribution in [-0.2, 0) is 0 Å². The van der Waals surface area contributed by atoms with E-state index >= 15 is 0 Å². The molecule has 0 fully saturated rings. The molecule has 0 saturated carbocycles. The Morgan fingerprint density at radius 2 is 0.940 bits per heavy atom. The van der Waals surface area contributed by atoms with Crippen molar-refractivity contribution in [2.75, 3.05) is 0 Å². The highest BCUT2D eigenvalue weighted by Gasteiger charge is 2.21. The molecule has 0 radical (unpaired) electrons. The second-order valence-electron chi connectivity index (χ2n) is 12.3. The molecular formula is C45H25N5. The third-order valence-electron chi connectivity index (χ3n) is 9.66. The molecule has 7 aromatic carbocycles. The van der Waals surface area contributed by atoms with Crippen molar-refractivity contribution in [1.29, 1.82) is 15.8 Å². The fourth-order valence-corrected chi connectivity index (χ4v) is 7.50. The van der Waals surface area contributed by atoms with Crippen LogP contribution in [-0.4, -0.2) is 9.13 Å². The molecule has 9 aromatic rings. The van der Waals surface area contributed by atoms with Gasteiger partial charge in [0.1, 0.15) is 12.1 Å². The first-order valence-corrected chi connectivity index (χ1v) is 16.3. The number of hydrogen-bond donors (Lipinski definition) is 0. The van der Waals surface area contributed by atoms with E-state index < -0.39 is 0 Å². The highest BCUT2D eigenvalue weighted by molar-refractivity contribution is 6.11. The number of hydrogen-bond acceptors (Lipinski definition) is 3. The van der Waals surface area contributed by atoms with Crippen molar-refractivity contribution in [3.63, 3.8) is 0 Å². The lowest BCUT2D eigenvalue weighted by Gasteiger charge is -2.17. The zero-order chi connectivity index (χ0) is 33.8. The summed E-state index contributed by atoms with van der Waals surface area (Å²) in [7, 11) is 0. The van der Waals surface area contributed by atoms with E-state index in [1.165, 1.54) is 0 Å². The number of fused-ring (bicyclic) bond motifs is 6. The van der Waals surface area contributed by atoms with Crippen LogP contribution in [0.25, 0.3) is 77.2 Å². The molecule has 2 heterocycles. The van der Waals surface area contributed by atoms with E-state index in [-0.39, 0.29) is 0 Å². The molecule has 0 aliphatic heterocycles. The maximum absolute atomic E-state index is 10.8. The molecule has 0 atom stereocenters. The van der Waals surface area contributed by atoms with Gasteiger partial charge in [0.25, 0.3) is 0 Å². The number of rotatable bonds is 4. The van der Waals surface area contributed by atoms with Crippen molar-refractivity contribution < 1.29 is 0 Å². The summed E-state index contributed by atoms with van der Waals surface area (Å²) in [5.41, 5.74) is 10.8. The van der Waals surface area contributed by atoms with Crippen LogP contribution in [0, 0.1) is 34.0 Å². The monoisotopic (exact) mass is 635 g/mol. The van der Waals surface area contributed by atoms with Gasteiger partial charge in [-0.2, -0.15) is 15.8 Å². The largest absolute Gasteiger partial charge is 0.309 e. The average molecular weight is 636 g/mol. The van der Waals surface area contributed by atoms with Crippen LogP contribution in [0.5, 0.6) is 0 Å². The van der Waals surface area contributed by atoms with Crippen molar-refractivity contribution in [2.24, 2.45) is 0 Å². The quantitative estimate of drug-likeness (QED) is 0.193. The van der Waals surface area contributed by atoms with E-state index in [2.05, 4.69) is 75.9 Å². The minimum Gasteiger partial charge on any atom is -0.309 e. The van der Waals surface area contributed by atoms with Gasteiger partial charge in [-0.25, -0.2) is 0 Å². The smallest absolute Gasteiger partial charge is 0.101 e. The molecule has 5 nitrogen and oxygen atoms in total. The molecule has 5 heteroatoms. The molecule has 50 heavy (non-hydrogen) atoms. The molecule has 0 bridgehead atoms. The number of aromatic nitrogens is 2. The van der Waals surface area contributed by atoms with Gasteiger partial charge in [0.15, 0.2) is 0 Å². The number of nitrogens with zero attached hydrogens (tertiary/aromatic N) is 5. The van der Waals surface area contributed by atoms with E-state index in [0.717, 1.165) is 77.2 Å². The van der Waals surface area contributed by atoms with E-state index in [4.69, 9.17) is 0 Å². The zero-order valence-corrected chi connectivity index (χ0v) is 26.7. The average Bonchev–Trinajstić information content (AvgIpc) is 3.69. The van der Waals surface area contributed by atoms with Crippen molar-refractivity contribution in [3.8, 4) is 51.8 Å². The normalized spacial score (nSPS) is 11.1. The predicted octanol–water partition coefficient (Wildman–Crippen LogP) is 10.8. The highest BCUT2D eigenvalue weighted by atomic mass is 15.0. The Morgan fingerprint density at radius 1 is 0.380 bits per heavy atom. The second-order valence-corrected chi connectivity index (χ2v) is 12.3. The Kier molecular flexibility index (Phi) is 6.56. The SMILES string of the molecule is N#Cc1ccc2c(c1)c1ccccc1n2-c1ccccc1-c1cccc(-c2ccc(C#N)c(-n3c4ccccc4c4ccccc43)c2)c1C#N. The summed E-state index contributed by atoms with van der Waals surface area (Å²) in [5.74, 6) is 0. The minimum absolute atomic E-state index is 0.547. The van der Waals surface area contributed by atoms with Crippen LogP contribution in [0.3, 0.4) is 0 Å². The Bertz CT molecular complexity index is 2920. The summed E-state index contributed by atoms with van der Waals surface area (Å²) in [6, 6.07) is 57.6. The molecule has 9 rings (SSSR count). The van der Waals surface area contributed by atoms with Crippen LogP contribution >= 0.6 is 0 Å². The first-order chi connectivity index (χ1) is 24.7. The summed E-state index contributed by atoms with van der Waals surface area (Å²) >= 11 is 0. The fourth-order valence-electron chi connectivity index (χ4n) is 7.50. The summed E-state index contributed by atoms with van der Waals surface area (Å²) < 4.78 is 4.37. The molecule has 2 aromatic heterocycles. The molecular weight excluding hydrogens is 611 g/mol. The third-order valence-corrected chi connectivity index (χ3v) is 9.66. The Balaban J connectivity index is 1.27. The lowest BCUT2D eigenvalue weighted by atomic mass is 9.91. The predicted molar refractivity (Wildman–Crippen MR) is 200 cm³/mol. The molecule has 0 saturated heterocycles. The van der Waals surface area contributed by atoms with Gasteiger partial charge in [-0.1, -0.05) is 97.1 Å². The van der Waals surface area contributed by atoms with E-state index in [1.54, 1.807) is 0 Å². The van der Waals surface area contributed by atoms with Gasteiger partial charge < -0.3 is 9.13 Å². The van der Waals surface area contributed by atoms with Crippen molar-refractivity contribution in [2.45, 2.75) is 0 Å². The van der Waals surface area contributed by atoms with E-state index in [9.17, 15) is 15.8 Å². The maximum Gasteiger partial charge on any atom is 0.101 e. The summed E-state index contributed by atoms with van der Waals surface area (Å²) in [6.07, 6.45) is 0. The Hall–Kier alpha value is -7.39.